The van der Waals surface area contributed by atoms with Crippen LogP contribution in [0.2, 0.25) is 0 Å². The average molecular weight is 344 g/mol. The summed E-state index contributed by atoms with van der Waals surface area (Å²) in [5.41, 5.74) is 2.01. The summed E-state index contributed by atoms with van der Waals surface area (Å²) in [7, 11) is 0. The molecule has 24 heavy (non-hydrogen) atoms. The first kappa shape index (κ1) is 15.4. The monoisotopic (exact) mass is 344 g/mol. The van der Waals surface area contributed by atoms with Crippen LogP contribution in [-0.2, 0) is 9.63 Å². The number of aromatic nitrogens is 1. The average Bonchev–Trinajstić information content (AvgIpc) is 3.28. The van der Waals surface area contributed by atoms with Gasteiger partial charge in [-0.1, -0.05) is 35.5 Å². The second-order valence-electron chi connectivity index (χ2n) is 6.09. The van der Waals surface area contributed by atoms with E-state index in [9.17, 15) is 4.79 Å². The zero-order chi connectivity index (χ0) is 16.5. The molecule has 1 aromatic heterocycles. The summed E-state index contributed by atoms with van der Waals surface area (Å²) in [5.74, 6) is 0.0612. The molecule has 4 rings (SSSR count). The molecule has 0 N–H and O–H groups in total. The van der Waals surface area contributed by atoms with Gasteiger partial charge in [-0.15, -0.1) is 0 Å². The summed E-state index contributed by atoms with van der Waals surface area (Å²) >= 11 is 1.71. The maximum atomic E-state index is 12.5. The number of anilines is 1. The van der Waals surface area contributed by atoms with Crippen LogP contribution < -0.4 is 4.90 Å². The first-order chi connectivity index (χ1) is 11.7. The highest BCUT2D eigenvalue weighted by atomic mass is 32.1. The van der Waals surface area contributed by atoms with Gasteiger partial charge in [0.05, 0.1) is 15.9 Å². The zero-order valence-electron chi connectivity index (χ0n) is 13.6. The normalized spacial score (nSPS) is 21.0. The van der Waals surface area contributed by atoms with Gasteiger partial charge in [0.1, 0.15) is 0 Å². The lowest BCUT2D eigenvalue weighted by molar-refractivity contribution is -0.142. The highest BCUT2D eigenvalue weighted by Crippen LogP contribution is 2.29. The van der Waals surface area contributed by atoms with Crippen molar-refractivity contribution in [2.24, 2.45) is 5.16 Å². The molecular formula is C17H20N4O2S. The third-order valence-corrected chi connectivity index (χ3v) is 5.66. The van der Waals surface area contributed by atoms with E-state index < -0.39 is 6.10 Å². The minimum absolute atomic E-state index is 0.0612. The summed E-state index contributed by atoms with van der Waals surface area (Å²) in [6.45, 7) is 5.05. The summed E-state index contributed by atoms with van der Waals surface area (Å²) in [6, 6.07) is 8.18. The predicted octanol–water partition coefficient (Wildman–Crippen LogP) is 2.50. The van der Waals surface area contributed by atoms with E-state index in [-0.39, 0.29) is 5.91 Å². The van der Waals surface area contributed by atoms with Crippen LogP contribution in [0.15, 0.2) is 29.4 Å². The third-order valence-electron chi connectivity index (χ3n) is 4.56. The molecule has 0 radical (unpaired) electrons. The topological polar surface area (TPSA) is 58.0 Å². The van der Waals surface area contributed by atoms with Crippen LogP contribution >= 0.6 is 11.3 Å². The van der Waals surface area contributed by atoms with Crippen molar-refractivity contribution in [1.82, 2.24) is 9.88 Å². The number of para-hydroxylation sites is 1. The van der Waals surface area contributed by atoms with Crippen LogP contribution in [0.25, 0.3) is 10.2 Å². The van der Waals surface area contributed by atoms with E-state index >= 15 is 0 Å². The van der Waals surface area contributed by atoms with Crippen molar-refractivity contribution in [3.05, 3.63) is 24.3 Å². The molecular weight excluding hydrogens is 324 g/mol. The van der Waals surface area contributed by atoms with Crippen molar-refractivity contribution in [2.75, 3.05) is 31.1 Å². The Morgan fingerprint density at radius 3 is 2.79 bits per heavy atom. The number of piperazine rings is 1. The van der Waals surface area contributed by atoms with Crippen molar-refractivity contribution in [3.8, 4) is 0 Å². The minimum Gasteiger partial charge on any atom is -0.382 e. The molecule has 7 heteroatoms. The zero-order valence-corrected chi connectivity index (χ0v) is 14.5. The molecule has 0 bridgehead atoms. The van der Waals surface area contributed by atoms with Gasteiger partial charge in [0.2, 0.25) is 6.10 Å². The minimum atomic E-state index is -0.422. The Balaban J connectivity index is 1.37. The molecule has 1 amide bonds. The first-order valence-corrected chi connectivity index (χ1v) is 9.17. The number of hydrogen-bond donors (Lipinski definition) is 0. The Morgan fingerprint density at radius 2 is 2.08 bits per heavy atom. The first-order valence-electron chi connectivity index (χ1n) is 8.35. The fourth-order valence-corrected chi connectivity index (χ4v) is 4.10. The summed E-state index contributed by atoms with van der Waals surface area (Å²) in [4.78, 5) is 26.7. The molecule has 6 nitrogen and oxygen atoms in total. The smallest absolute Gasteiger partial charge is 0.267 e. The SMILES string of the molecule is CCC1=NOC(C(=O)N2CCN(c3nc4ccccc4s3)CC2)C1. The number of thiazole rings is 1. The molecule has 3 heterocycles. The van der Waals surface area contributed by atoms with Gasteiger partial charge in [0, 0.05) is 32.6 Å². The van der Waals surface area contributed by atoms with E-state index in [2.05, 4.69) is 16.1 Å². The fraction of sp³-hybridized carbons (Fsp3) is 0.471. The number of benzene rings is 1. The van der Waals surface area contributed by atoms with Gasteiger partial charge in [0.15, 0.2) is 5.13 Å². The number of carbonyl (C=O) groups is 1. The molecule has 2 aliphatic rings. The van der Waals surface area contributed by atoms with E-state index in [1.54, 1.807) is 11.3 Å². The molecule has 0 spiro atoms. The third kappa shape index (κ3) is 2.84. The maximum Gasteiger partial charge on any atom is 0.267 e. The number of oxime groups is 1. The Hall–Kier alpha value is -2.15. The summed E-state index contributed by atoms with van der Waals surface area (Å²) in [5, 5.41) is 5.03. The molecule has 1 atom stereocenters. The van der Waals surface area contributed by atoms with Gasteiger partial charge in [-0.05, 0) is 18.6 Å². The van der Waals surface area contributed by atoms with Gasteiger partial charge in [-0.2, -0.15) is 0 Å². The van der Waals surface area contributed by atoms with Crippen LogP contribution in [0.1, 0.15) is 19.8 Å². The van der Waals surface area contributed by atoms with Gasteiger partial charge < -0.3 is 14.6 Å². The van der Waals surface area contributed by atoms with Crippen molar-refractivity contribution in [3.63, 3.8) is 0 Å². The molecule has 0 saturated carbocycles. The van der Waals surface area contributed by atoms with Crippen LogP contribution in [0.5, 0.6) is 0 Å². The lowest BCUT2D eigenvalue weighted by Gasteiger charge is -2.35. The molecule has 1 fully saturated rings. The number of amides is 1. The summed E-state index contributed by atoms with van der Waals surface area (Å²) in [6.07, 6.45) is 1.05. The Kier molecular flexibility index (Phi) is 4.10. The molecule has 1 unspecified atom stereocenters. The lowest BCUT2D eigenvalue weighted by atomic mass is 10.1. The van der Waals surface area contributed by atoms with Crippen LogP contribution in [0.3, 0.4) is 0 Å². The van der Waals surface area contributed by atoms with E-state index in [4.69, 9.17) is 9.82 Å². The number of carbonyl (C=O) groups excluding carboxylic acids is 1. The summed E-state index contributed by atoms with van der Waals surface area (Å²) < 4.78 is 1.20. The van der Waals surface area contributed by atoms with Gasteiger partial charge >= 0.3 is 0 Å². The molecule has 0 aliphatic carbocycles. The van der Waals surface area contributed by atoms with E-state index in [0.717, 1.165) is 35.9 Å². The molecule has 1 saturated heterocycles. The quantitative estimate of drug-likeness (QED) is 0.858. The second-order valence-corrected chi connectivity index (χ2v) is 7.09. The maximum absolute atomic E-state index is 12.5. The molecule has 1 aromatic carbocycles. The number of nitrogens with zero attached hydrogens (tertiary/aromatic N) is 4. The number of hydrogen-bond acceptors (Lipinski definition) is 6. The van der Waals surface area contributed by atoms with Crippen molar-refractivity contribution in [1.29, 1.82) is 0 Å². The lowest BCUT2D eigenvalue weighted by Crippen LogP contribution is -2.51. The largest absolute Gasteiger partial charge is 0.382 e. The van der Waals surface area contributed by atoms with Gasteiger partial charge in [-0.3, -0.25) is 4.79 Å². The Labute approximate surface area is 144 Å². The van der Waals surface area contributed by atoms with E-state index in [1.165, 1.54) is 4.70 Å². The number of rotatable bonds is 3. The standard InChI is InChI=1S/C17H20N4O2S/c1-2-12-11-14(23-19-12)16(22)20-7-9-21(10-8-20)17-18-13-5-3-4-6-15(13)24-17/h3-6,14H,2,7-11H2,1H3. The van der Waals surface area contributed by atoms with E-state index in [0.29, 0.717) is 19.5 Å². The Morgan fingerprint density at radius 1 is 1.29 bits per heavy atom. The van der Waals surface area contributed by atoms with Crippen molar-refractivity contribution in [2.45, 2.75) is 25.9 Å². The van der Waals surface area contributed by atoms with Crippen molar-refractivity contribution < 1.29 is 9.63 Å². The van der Waals surface area contributed by atoms with Gasteiger partial charge in [0.25, 0.3) is 5.91 Å². The van der Waals surface area contributed by atoms with Crippen LogP contribution in [0, 0.1) is 0 Å². The van der Waals surface area contributed by atoms with Crippen molar-refractivity contribution >= 4 is 38.3 Å². The second kappa shape index (κ2) is 6.39. The van der Waals surface area contributed by atoms with E-state index in [1.807, 2.05) is 30.0 Å². The molecule has 2 aliphatic heterocycles. The van der Waals surface area contributed by atoms with Crippen LogP contribution in [-0.4, -0.2) is 53.8 Å². The van der Waals surface area contributed by atoms with Gasteiger partial charge in [-0.25, -0.2) is 4.98 Å². The molecule has 2 aromatic rings. The highest BCUT2D eigenvalue weighted by molar-refractivity contribution is 7.22. The molecule has 126 valence electrons. The predicted molar refractivity (Wildman–Crippen MR) is 95.6 cm³/mol. The Bertz CT molecular complexity index is 747. The fourth-order valence-electron chi connectivity index (χ4n) is 3.09. The van der Waals surface area contributed by atoms with Crippen LogP contribution in [0.4, 0.5) is 5.13 Å². The highest BCUT2D eigenvalue weighted by Gasteiger charge is 2.33. The number of fused-ring (bicyclic) bond motifs is 1.